The first-order valence-electron chi connectivity index (χ1n) is 11.0. The predicted molar refractivity (Wildman–Crippen MR) is 126 cm³/mol. The van der Waals surface area contributed by atoms with Gasteiger partial charge in [0.25, 0.3) is 0 Å². The SMILES string of the molecule is C/C(=N\O)c1cnn2c(N[C@@H]3CCc4[nH]c5ccccc5c4C3)nc(-c3cncc(F)c3)nc12. The van der Waals surface area contributed by atoms with Crippen molar-refractivity contribution in [1.82, 2.24) is 29.5 Å². The highest BCUT2D eigenvalue weighted by molar-refractivity contribution is 6.03. The molecule has 4 heterocycles. The fourth-order valence-electron chi connectivity index (χ4n) is 4.62. The van der Waals surface area contributed by atoms with Gasteiger partial charge in [0.05, 0.1) is 23.7 Å². The van der Waals surface area contributed by atoms with E-state index in [1.54, 1.807) is 17.6 Å². The molecule has 0 saturated heterocycles. The van der Waals surface area contributed by atoms with E-state index in [1.807, 2.05) is 6.07 Å². The lowest BCUT2D eigenvalue weighted by Gasteiger charge is -2.24. The molecule has 1 aromatic carbocycles. The van der Waals surface area contributed by atoms with E-state index in [-0.39, 0.29) is 6.04 Å². The highest BCUT2D eigenvalue weighted by Gasteiger charge is 2.24. The van der Waals surface area contributed by atoms with Gasteiger partial charge >= 0.3 is 0 Å². The van der Waals surface area contributed by atoms with E-state index in [0.29, 0.717) is 34.3 Å². The van der Waals surface area contributed by atoms with Crippen LogP contribution in [0.5, 0.6) is 0 Å². The number of para-hydroxylation sites is 1. The zero-order valence-corrected chi connectivity index (χ0v) is 18.3. The molecule has 0 saturated carbocycles. The highest BCUT2D eigenvalue weighted by Crippen LogP contribution is 2.30. The number of oxime groups is 1. The van der Waals surface area contributed by atoms with Crippen molar-refractivity contribution in [2.75, 3.05) is 5.32 Å². The second-order valence-corrected chi connectivity index (χ2v) is 8.45. The molecular formula is C24H21FN8O. The van der Waals surface area contributed by atoms with Gasteiger partial charge in [-0.1, -0.05) is 23.4 Å². The molecule has 6 rings (SSSR count). The fraction of sp³-hybridized carbons (Fsp3) is 0.208. The van der Waals surface area contributed by atoms with E-state index < -0.39 is 5.82 Å². The van der Waals surface area contributed by atoms with Gasteiger partial charge in [0.15, 0.2) is 11.5 Å². The maximum Gasteiger partial charge on any atom is 0.228 e. The largest absolute Gasteiger partial charge is 0.411 e. The first-order valence-corrected chi connectivity index (χ1v) is 11.0. The second kappa shape index (κ2) is 7.91. The molecule has 0 spiro atoms. The van der Waals surface area contributed by atoms with Crippen LogP contribution >= 0.6 is 0 Å². The molecule has 1 atom stereocenters. The summed E-state index contributed by atoms with van der Waals surface area (Å²) >= 11 is 0. The van der Waals surface area contributed by atoms with E-state index in [9.17, 15) is 9.60 Å². The van der Waals surface area contributed by atoms with E-state index in [2.05, 4.69) is 53.7 Å². The molecule has 9 nitrogen and oxygen atoms in total. The summed E-state index contributed by atoms with van der Waals surface area (Å²) < 4.78 is 15.5. The quantitative estimate of drug-likeness (QED) is 0.214. The van der Waals surface area contributed by atoms with Gasteiger partial charge in [0.1, 0.15) is 5.82 Å². The number of aryl methyl sites for hydroxylation is 1. The summed E-state index contributed by atoms with van der Waals surface area (Å²) in [4.78, 5) is 16.7. The first kappa shape index (κ1) is 20.3. The number of rotatable bonds is 4. The van der Waals surface area contributed by atoms with Crippen molar-refractivity contribution in [3.63, 3.8) is 0 Å². The van der Waals surface area contributed by atoms with Gasteiger partial charge in [-0.15, -0.1) is 0 Å². The van der Waals surface area contributed by atoms with Gasteiger partial charge in [-0.25, -0.2) is 9.37 Å². The lowest BCUT2D eigenvalue weighted by molar-refractivity contribution is 0.319. The van der Waals surface area contributed by atoms with Crippen LogP contribution in [-0.4, -0.2) is 46.5 Å². The molecule has 0 unspecified atom stereocenters. The van der Waals surface area contributed by atoms with Gasteiger partial charge in [0.2, 0.25) is 5.95 Å². The number of benzene rings is 1. The van der Waals surface area contributed by atoms with Gasteiger partial charge in [-0.3, -0.25) is 4.98 Å². The molecule has 4 aromatic heterocycles. The van der Waals surface area contributed by atoms with Crippen molar-refractivity contribution in [3.05, 3.63) is 71.6 Å². The molecule has 3 N–H and O–H groups in total. The Bertz CT molecular complexity index is 1570. The summed E-state index contributed by atoms with van der Waals surface area (Å²) in [5, 5.41) is 21.8. The molecule has 0 fully saturated rings. The van der Waals surface area contributed by atoms with Crippen LogP contribution in [-0.2, 0) is 12.8 Å². The van der Waals surface area contributed by atoms with Crippen LogP contribution in [0.4, 0.5) is 10.3 Å². The highest BCUT2D eigenvalue weighted by atomic mass is 19.1. The number of halogens is 1. The van der Waals surface area contributed by atoms with Crippen LogP contribution < -0.4 is 5.32 Å². The monoisotopic (exact) mass is 456 g/mol. The Labute approximate surface area is 193 Å². The summed E-state index contributed by atoms with van der Waals surface area (Å²) in [6.45, 7) is 1.66. The van der Waals surface area contributed by atoms with Crippen LogP contribution in [0.25, 0.3) is 27.9 Å². The van der Waals surface area contributed by atoms with Crippen LogP contribution in [0.3, 0.4) is 0 Å². The van der Waals surface area contributed by atoms with Crippen molar-refractivity contribution in [1.29, 1.82) is 0 Å². The van der Waals surface area contributed by atoms with Crippen molar-refractivity contribution >= 4 is 28.2 Å². The summed E-state index contributed by atoms with van der Waals surface area (Å²) in [6, 6.07) is 9.78. The number of anilines is 1. The summed E-state index contributed by atoms with van der Waals surface area (Å²) in [5.41, 5.74) is 5.55. The lowest BCUT2D eigenvalue weighted by atomic mass is 9.91. The number of aromatic amines is 1. The number of hydrogen-bond donors (Lipinski definition) is 3. The molecule has 170 valence electrons. The Balaban J connectivity index is 1.43. The van der Waals surface area contributed by atoms with E-state index in [1.165, 1.54) is 28.9 Å². The number of aromatic nitrogens is 6. The summed E-state index contributed by atoms with van der Waals surface area (Å²) in [5.74, 6) is 0.309. The number of hydrogen-bond acceptors (Lipinski definition) is 7. The molecule has 0 bridgehead atoms. The molecule has 1 aliphatic carbocycles. The van der Waals surface area contributed by atoms with E-state index in [0.717, 1.165) is 31.0 Å². The third-order valence-corrected chi connectivity index (χ3v) is 6.30. The Morgan fingerprint density at radius 1 is 1.24 bits per heavy atom. The number of pyridine rings is 1. The number of nitrogens with one attached hydrogen (secondary N) is 2. The zero-order chi connectivity index (χ0) is 23.2. The van der Waals surface area contributed by atoms with Crippen molar-refractivity contribution in [3.8, 4) is 11.4 Å². The molecular weight excluding hydrogens is 435 g/mol. The maximum atomic E-state index is 13.9. The van der Waals surface area contributed by atoms with Gasteiger partial charge in [-0.05, 0) is 43.9 Å². The van der Waals surface area contributed by atoms with Crippen LogP contribution in [0.2, 0.25) is 0 Å². The van der Waals surface area contributed by atoms with Crippen LogP contribution in [0.15, 0.2) is 54.1 Å². The minimum absolute atomic E-state index is 0.114. The summed E-state index contributed by atoms with van der Waals surface area (Å²) in [6.07, 6.45) is 6.88. The van der Waals surface area contributed by atoms with Crippen LogP contribution in [0.1, 0.15) is 30.2 Å². The minimum atomic E-state index is -0.475. The Kier molecular flexibility index (Phi) is 4.72. The van der Waals surface area contributed by atoms with Gasteiger partial charge < -0.3 is 15.5 Å². The molecule has 5 aromatic rings. The normalized spacial score (nSPS) is 16.2. The Hall–Kier alpha value is -4.34. The number of nitrogens with zero attached hydrogens (tertiary/aromatic N) is 6. The van der Waals surface area contributed by atoms with E-state index >= 15 is 0 Å². The second-order valence-electron chi connectivity index (χ2n) is 8.45. The average Bonchev–Trinajstić information content (AvgIpc) is 3.45. The first-order chi connectivity index (χ1) is 16.6. The Morgan fingerprint density at radius 3 is 2.97 bits per heavy atom. The minimum Gasteiger partial charge on any atom is -0.411 e. The van der Waals surface area contributed by atoms with Gasteiger partial charge in [0, 0.05) is 34.4 Å². The predicted octanol–water partition coefficient (Wildman–Crippen LogP) is 3.97. The van der Waals surface area contributed by atoms with Crippen molar-refractivity contribution in [2.45, 2.75) is 32.2 Å². The fourth-order valence-corrected chi connectivity index (χ4v) is 4.62. The number of H-pyrrole nitrogens is 1. The van der Waals surface area contributed by atoms with Crippen LogP contribution in [0, 0.1) is 5.82 Å². The zero-order valence-electron chi connectivity index (χ0n) is 18.3. The molecule has 0 radical (unpaired) electrons. The Morgan fingerprint density at radius 2 is 2.12 bits per heavy atom. The molecule has 1 aliphatic rings. The third-order valence-electron chi connectivity index (χ3n) is 6.30. The average molecular weight is 456 g/mol. The van der Waals surface area contributed by atoms with E-state index in [4.69, 9.17) is 0 Å². The molecule has 10 heteroatoms. The molecule has 0 aliphatic heterocycles. The van der Waals surface area contributed by atoms with Crippen molar-refractivity contribution < 1.29 is 9.60 Å². The molecule has 0 amide bonds. The summed E-state index contributed by atoms with van der Waals surface area (Å²) in [7, 11) is 0. The van der Waals surface area contributed by atoms with Gasteiger partial charge in [-0.2, -0.15) is 14.6 Å². The standard InChI is InChI=1S/C24H21FN8O/c1-13(32-34)19-12-27-33-23(19)30-22(14-8-15(25)11-26-10-14)31-24(33)28-16-6-7-21-18(9-16)17-4-2-3-5-20(17)29-21/h2-5,8,10-12,16,29,34H,6-7,9H2,1H3,(H,28,30,31)/b32-13+/t16-/m1/s1. The maximum absolute atomic E-state index is 13.9. The number of fused-ring (bicyclic) bond motifs is 4. The smallest absolute Gasteiger partial charge is 0.228 e. The lowest BCUT2D eigenvalue weighted by Crippen LogP contribution is -2.29. The van der Waals surface area contributed by atoms with Crippen molar-refractivity contribution in [2.24, 2.45) is 5.16 Å². The molecule has 34 heavy (non-hydrogen) atoms. The third kappa shape index (κ3) is 3.35. The topological polar surface area (TPSA) is 116 Å².